The van der Waals surface area contributed by atoms with Crippen molar-refractivity contribution in [3.8, 4) is 0 Å². The van der Waals surface area contributed by atoms with Gasteiger partial charge in [0.2, 0.25) is 0 Å². The SMILES string of the molecule is CCOCC1(CCc2ccccc2)CCN(Cc2ccc3[nH]c(=O)[nH]c3c2)CC1.[HH].[HH]. The maximum Gasteiger partial charge on any atom is 0.323 e. The second kappa shape index (κ2) is 8.97. The number of H-pyrrole nitrogens is 2. The highest BCUT2D eigenvalue weighted by atomic mass is 16.5. The molecule has 0 radical (unpaired) electrons. The van der Waals surface area contributed by atoms with Crippen LogP contribution >= 0.6 is 0 Å². The molecule has 2 aromatic carbocycles. The normalized spacial score (nSPS) is 17.0. The Bertz CT molecular complexity index is 979. The van der Waals surface area contributed by atoms with Crippen molar-refractivity contribution in [2.24, 2.45) is 5.41 Å². The summed E-state index contributed by atoms with van der Waals surface area (Å²) < 4.78 is 5.91. The van der Waals surface area contributed by atoms with Crippen LogP contribution in [0.2, 0.25) is 0 Å². The second-order valence-corrected chi connectivity index (χ2v) is 8.36. The van der Waals surface area contributed by atoms with E-state index < -0.39 is 0 Å². The first kappa shape index (κ1) is 19.9. The zero-order chi connectivity index (χ0) is 20.1. The van der Waals surface area contributed by atoms with Gasteiger partial charge in [-0.1, -0.05) is 36.4 Å². The predicted molar refractivity (Wildman–Crippen MR) is 121 cm³/mol. The Morgan fingerprint density at radius 1 is 1.03 bits per heavy atom. The molecule has 0 amide bonds. The summed E-state index contributed by atoms with van der Waals surface area (Å²) in [6.45, 7) is 6.83. The molecule has 1 fully saturated rings. The topological polar surface area (TPSA) is 61.1 Å². The van der Waals surface area contributed by atoms with Crippen molar-refractivity contribution in [1.29, 1.82) is 0 Å². The number of nitrogens with zero attached hydrogens (tertiary/aromatic N) is 1. The molecular weight excluding hydrogens is 362 g/mol. The van der Waals surface area contributed by atoms with E-state index in [9.17, 15) is 4.79 Å². The van der Waals surface area contributed by atoms with Gasteiger partial charge in [0.1, 0.15) is 0 Å². The summed E-state index contributed by atoms with van der Waals surface area (Å²) in [4.78, 5) is 19.7. The summed E-state index contributed by atoms with van der Waals surface area (Å²) in [7, 11) is 0. The fraction of sp³-hybridized carbons (Fsp3) is 0.458. The number of likely N-dealkylation sites (tertiary alicyclic amines) is 1. The molecule has 1 saturated heterocycles. The Morgan fingerprint density at radius 2 is 1.79 bits per heavy atom. The van der Waals surface area contributed by atoms with Crippen molar-refractivity contribution in [3.05, 3.63) is 70.1 Å². The molecule has 158 valence electrons. The lowest BCUT2D eigenvalue weighted by Crippen LogP contribution is -2.42. The smallest absolute Gasteiger partial charge is 0.323 e. The third-order valence-corrected chi connectivity index (χ3v) is 6.30. The Hall–Kier alpha value is -2.37. The van der Waals surface area contributed by atoms with E-state index >= 15 is 0 Å². The van der Waals surface area contributed by atoms with Crippen LogP contribution in [-0.2, 0) is 17.7 Å². The Balaban J connectivity index is 0.00000171. The second-order valence-electron chi connectivity index (χ2n) is 8.36. The number of ether oxygens (including phenoxy) is 1. The number of hydrogen-bond donors (Lipinski definition) is 2. The fourth-order valence-corrected chi connectivity index (χ4v) is 4.46. The molecule has 29 heavy (non-hydrogen) atoms. The molecule has 0 bridgehead atoms. The molecule has 2 N–H and O–H groups in total. The number of aryl methyl sites for hydroxylation is 1. The van der Waals surface area contributed by atoms with Crippen LogP contribution in [0.25, 0.3) is 11.0 Å². The molecular formula is C24H35N3O2. The fourth-order valence-electron chi connectivity index (χ4n) is 4.46. The number of hydrogen-bond acceptors (Lipinski definition) is 3. The van der Waals surface area contributed by atoms with Crippen LogP contribution in [0.5, 0.6) is 0 Å². The highest BCUT2D eigenvalue weighted by Gasteiger charge is 2.34. The van der Waals surface area contributed by atoms with Crippen LogP contribution < -0.4 is 5.69 Å². The van der Waals surface area contributed by atoms with Crippen molar-refractivity contribution in [2.75, 3.05) is 26.3 Å². The first-order valence-corrected chi connectivity index (χ1v) is 10.7. The molecule has 1 aliphatic rings. The number of nitrogens with one attached hydrogen (secondary N) is 2. The van der Waals surface area contributed by atoms with Crippen molar-refractivity contribution in [1.82, 2.24) is 14.9 Å². The first-order chi connectivity index (χ1) is 14.2. The highest BCUT2D eigenvalue weighted by molar-refractivity contribution is 5.74. The molecule has 3 aromatic rings. The molecule has 5 heteroatoms. The Labute approximate surface area is 175 Å². The molecule has 0 saturated carbocycles. The monoisotopic (exact) mass is 397 g/mol. The number of fused-ring (bicyclic) bond motifs is 1. The minimum atomic E-state index is -0.144. The minimum absolute atomic E-state index is 0. The summed E-state index contributed by atoms with van der Waals surface area (Å²) >= 11 is 0. The zero-order valence-corrected chi connectivity index (χ0v) is 17.2. The van der Waals surface area contributed by atoms with Gasteiger partial charge in [-0.3, -0.25) is 4.90 Å². The molecule has 0 atom stereocenters. The van der Waals surface area contributed by atoms with Gasteiger partial charge in [-0.25, -0.2) is 4.79 Å². The molecule has 0 spiro atoms. The van der Waals surface area contributed by atoms with E-state index in [1.165, 1.54) is 30.4 Å². The minimum Gasteiger partial charge on any atom is -0.381 e. The van der Waals surface area contributed by atoms with Gasteiger partial charge in [-0.15, -0.1) is 0 Å². The summed E-state index contributed by atoms with van der Waals surface area (Å²) in [5.41, 5.74) is 4.55. The van der Waals surface area contributed by atoms with Crippen LogP contribution in [0, 0.1) is 5.41 Å². The summed E-state index contributed by atoms with van der Waals surface area (Å²) in [5, 5.41) is 0. The molecule has 1 aromatic heterocycles. The van der Waals surface area contributed by atoms with Crippen molar-refractivity contribution in [3.63, 3.8) is 0 Å². The van der Waals surface area contributed by atoms with E-state index in [4.69, 9.17) is 4.74 Å². The Morgan fingerprint density at radius 3 is 2.55 bits per heavy atom. The van der Waals surface area contributed by atoms with Gasteiger partial charge in [0, 0.05) is 16.0 Å². The lowest BCUT2D eigenvalue weighted by Gasteiger charge is -2.42. The van der Waals surface area contributed by atoms with Gasteiger partial charge in [0.15, 0.2) is 0 Å². The third-order valence-electron chi connectivity index (χ3n) is 6.30. The van der Waals surface area contributed by atoms with Gasteiger partial charge in [0.05, 0.1) is 17.6 Å². The maximum absolute atomic E-state index is 11.5. The van der Waals surface area contributed by atoms with E-state index in [1.807, 2.05) is 6.07 Å². The number of imidazole rings is 1. The number of aromatic nitrogens is 2. The molecule has 4 rings (SSSR count). The number of piperidine rings is 1. The Kier molecular flexibility index (Phi) is 6.16. The van der Waals surface area contributed by atoms with E-state index in [0.717, 1.165) is 50.3 Å². The van der Waals surface area contributed by atoms with Crippen LogP contribution in [0.4, 0.5) is 0 Å². The van der Waals surface area contributed by atoms with E-state index in [-0.39, 0.29) is 14.0 Å². The molecule has 2 heterocycles. The van der Waals surface area contributed by atoms with Crippen LogP contribution in [-0.4, -0.2) is 41.2 Å². The lowest BCUT2D eigenvalue weighted by atomic mass is 9.74. The molecule has 5 nitrogen and oxygen atoms in total. The van der Waals surface area contributed by atoms with Crippen molar-refractivity contribution >= 4 is 11.0 Å². The average molecular weight is 398 g/mol. The third kappa shape index (κ3) is 4.98. The molecule has 0 unspecified atom stereocenters. The standard InChI is InChI=1S/C24H31N3O2.2H2/c1-2-29-18-24(11-10-19-6-4-3-5-7-19)12-14-27(15-13-24)17-20-8-9-21-22(16-20)26-23(28)25-21;;/h3-9,16H,2,10-15,17-18H2,1H3,(H2,25,26,28);2*1H. The van der Waals surface area contributed by atoms with Crippen LogP contribution in [0.3, 0.4) is 0 Å². The first-order valence-electron chi connectivity index (χ1n) is 10.7. The highest BCUT2D eigenvalue weighted by Crippen LogP contribution is 2.37. The van der Waals surface area contributed by atoms with Gasteiger partial charge in [-0.05, 0) is 74.4 Å². The average Bonchev–Trinajstić information content (AvgIpc) is 3.12. The number of rotatable bonds is 8. The van der Waals surface area contributed by atoms with Crippen LogP contribution in [0.1, 0.15) is 40.2 Å². The van der Waals surface area contributed by atoms with E-state index in [0.29, 0.717) is 0 Å². The zero-order valence-electron chi connectivity index (χ0n) is 17.2. The van der Waals surface area contributed by atoms with Gasteiger partial charge >= 0.3 is 5.69 Å². The summed E-state index contributed by atoms with van der Waals surface area (Å²) in [6.07, 6.45) is 4.64. The molecule has 0 aliphatic carbocycles. The van der Waals surface area contributed by atoms with Gasteiger partial charge in [0.25, 0.3) is 0 Å². The van der Waals surface area contributed by atoms with Gasteiger partial charge in [-0.2, -0.15) is 0 Å². The quantitative estimate of drug-likeness (QED) is 0.584. The summed E-state index contributed by atoms with van der Waals surface area (Å²) in [6, 6.07) is 17.0. The number of benzene rings is 2. The predicted octanol–water partition coefficient (Wildman–Crippen LogP) is 4.60. The maximum atomic E-state index is 11.5. The largest absolute Gasteiger partial charge is 0.381 e. The van der Waals surface area contributed by atoms with Crippen LogP contribution in [0.15, 0.2) is 53.3 Å². The van der Waals surface area contributed by atoms with E-state index in [2.05, 4.69) is 64.3 Å². The number of aromatic amines is 2. The van der Waals surface area contributed by atoms with Crippen molar-refractivity contribution < 1.29 is 7.59 Å². The van der Waals surface area contributed by atoms with Gasteiger partial charge < -0.3 is 14.7 Å². The molecule has 1 aliphatic heterocycles. The van der Waals surface area contributed by atoms with Crippen molar-refractivity contribution in [2.45, 2.75) is 39.2 Å². The lowest BCUT2D eigenvalue weighted by molar-refractivity contribution is -0.00231. The summed E-state index contributed by atoms with van der Waals surface area (Å²) in [5.74, 6) is 0. The van der Waals surface area contributed by atoms with E-state index in [1.54, 1.807) is 0 Å².